The number of carbonyl (C=O) groups is 2. The first-order chi connectivity index (χ1) is 11.0. The summed E-state index contributed by atoms with van der Waals surface area (Å²) in [6, 6.07) is 6.21. The quantitative estimate of drug-likeness (QED) is 0.746. The van der Waals surface area contributed by atoms with Crippen molar-refractivity contribution in [1.29, 1.82) is 0 Å². The van der Waals surface area contributed by atoms with E-state index in [-0.39, 0.29) is 24.4 Å². The average Bonchev–Trinajstić information content (AvgIpc) is 2.98. The Hall–Kier alpha value is -1.99. The van der Waals surface area contributed by atoms with E-state index in [1.165, 1.54) is 12.1 Å². The molecule has 23 heavy (non-hydrogen) atoms. The maximum Gasteiger partial charge on any atom is 0.322 e. The summed E-state index contributed by atoms with van der Waals surface area (Å²) >= 11 is 0. The summed E-state index contributed by atoms with van der Waals surface area (Å²) in [6.45, 7) is 1.30. The summed E-state index contributed by atoms with van der Waals surface area (Å²) in [6.07, 6.45) is 1.97. The van der Waals surface area contributed by atoms with E-state index >= 15 is 0 Å². The van der Waals surface area contributed by atoms with Gasteiger partial charge in [-0.25, -0.2) is 4.39 Å². The molecule has 1 aromatic carbocycles. The van der Waals surface area contributed by atoms with Gasteiger partial charge in [0.25, 0.3) is 0 Å². The van der Waals surface area contributed by atoms with Gasteiger partial charge in [-0.1, -0.05) is 12.1 Å². The fourth-order valence-electron chi connectivity index (χ4n) is 2.59. The molecule has 1 heterocycles. The molecule has 1 aliphatic heterocycles. The number of hydrogen-bond acceptors (Lipinski definition) is 4. The Labute approximate surface area is 134 Å². The van der Waals surface area contributed by atoms with Gasteiger partial charge in [0, 0.05) is 19.7 Å². The van der Waals surface area contributed by atoms with Gasteiger partial charge in [0.05, 0.1) is 12.6 Å². The van der Waals surface area contributed by atoms with E-state index in [1.807, 2.05) is 4.90 Å². The number of carboxylic acid groups (broad SMARTS) is 1. The number of amides is 1. The van der Waals surface area contributed by atoms with Gasteiger partial charge >= 0.3 is 5.97 Å². The van der Waals surface area contributed by atoms with Crippen LogP contribution >= 0.6 is 0 Å². The van der Waals surface area contributed by atoms with Crippen molar-refractivity contribution < 1.29 is 23.8 Å². The second-order valence-electron chi connectivity index (χ2n) is 5.61. The molecule has 1 aromatic rings. The first-order valence-corrected chi connectivity index (χ1v) is 7.60. The van der Waals surface area contributed by atoms with Crippen LogP contribution < -0.4 is 5.32 Å². The van der Waals surface area contributed by atoms with Crippen molar-refractivity contribution in [3.8, 4) is 0 Å². The van der Waals surface area contributed by atoms with Crippen LogP contribution in [-0.4, -0.2) is 54.2 Å². The van der Waals surface area contributed by atoms with Gasteiger partial charge in [0.2, 0.25) is 5.91 Å². The zero-order chi connectivity index (χ0) is 16.7. The molecule has 1 unspecified atom stereocenters. The first-order valence-electron chi connectivity index (χ1n) is 7.60. The molecular weight excluding hydrogens is 303 g/mol. The zero-order valence-corrected chi connectivity index (χ0v) is 12.8. The average molecular weight is 324 g/mol. The Morgan fingerprint density at radius 1 is 1.43 bits per heavy atom. The molecule has 0 spiro atoms. The number of nitrogens with one attached hydrogen (secondary N) is 1. The van der Waals surface area contributed by atoms with Crippen LogP contribution in [0.3, 0.4) is 0 Å². The SMILES string of the molecule is O=C(O)CNC(=O)CN(Cc1cccc(F)c1)CC1CCCO1. The maximum absolute atomic E-state index is 13.3. The van der Waals surface area contributed by atoms with Gasteiger partial charge in [-0.3, -0.25) is 14.5 Å². The van der Waals surface area contributed by atoms with Crippen LogP contribution in [0.15, 0.2) is 24.3 Å². The Balaban J connectivity index is 1.95. The van der Waals surface area contributed by atoms with Crippen molar-refractivity contribution in [1.82, 2.24) is 10.2 Å². The van der Waals surface area contributed by atoms with E-state index in [0.29, 0.717) is 19.7 Å². The van der Waals surface area contributed by atoms with E-state index in [4.69, 9.17) is 9.84 Å². The van der Waals surface area contributed by atoms with Gasteiger partial charge < -0.3 is 15.2 Å². The van der Waals surface area contributed by atoms with Gasteiger partial charge in [-0.15, -0.1) is 0 Å². The topological polar surface area (TPSA) is 78.9 Å². The molecule has 0 aromatic heterocycles. The number of halogens is 1. The molecule has 0 aliphatic carbocycles. The zero-order valence-electron chi connectivity index (χ0n) is 12.8. The number of carboxylic acids is 1. The number of hydrogen-bond donors (Lipinski definition) is 2. The second-order valence-corrected chi connectivity index (χ2v) is 5.61. The molecular formula is C16H21FN2O4. The monoisotopic (exact) mass is 324 g/mol. The second kappa shape index (κ2) is 8.59. The van der Waals surface area contributed by atoms with E-state index in [9.17, 15) is 14.0 Å². The third-order valence-corrected chi connectivity index (χ3v) is 3.59. The van der Waals surface area contributed by atoms with Crippen molar-refractivity contribution in [2.45, 2.75) is 25.5 Å². The molecule has 1 atom stereocenters. The molecule has 0 saturated carbocycles. The highest BCUT2D eigenvalue weighted by Gasteiger charge is 2.21. The maximum atomic E-state index is 13.3. The van der Waals surface area contributed by atoms with Crippen molar-refractivity contribution in [2.75, 3.05) is 26.2 Å². The lowest BCUT2D eigenvalue weighted by atomic mass is 10.1. The molecule has 126 valence electrons. The predicted octanol–water partition coefficient (Wildman–Crippen LogP) is 1.01. The molecule has 0 radical (unpaired) electrons. The van der Waals surface area contributed by atoms with E-state index in [1.54, 1.807) is 12.1 Å². The van der Waals surface area contributed by atoms with Crippen LogP contribution in [0.2, 0.25) is 0 Å². The Morgan fingerprint density at radius 2 is 2.26 bits per heavy atom. The van der Waals surface area contributed by atoms with Crippen LogP contribution in [0.5, 0.6) is 0 Å². The number of benzene rings is 1. The van der Waals surface area contributed by atoms with E-state index in [0.717, 1.165) is 18.4 Å². The van der Waals surface area contributed by atoms with Gasteiger partial charge in [-0.05, 0) is 30.5 Å². The number of nitrogens with zero attached hydrogens (tertiary/aromatic N) is 1. The fourth-order valence-corrected chi connectivity index (χ4v) is 2.59. The summed E-state index contributed by atoms with van der Waals surface area (Å²) in [4.78, 5) is 24.2. The molecule has 1 aliphatic rings. The standard InChI is InChI=1S/C16H21FN2O4/c17-13-4-1-3-12(7-13)9-19(10-14-5-2-6-23-14)11-15(20)18-8-16(21)22/h1,3-4,7,14H,2,5-6,8-11H2,(H,18,20)(H,21,22). The highest BCUT2D eigenvalue weighted by atomic mass is 19.1. The van der Waals surface area contributed by atoms with Crippen molar-refractivity contribution in [3.05, 3.63) is 35.6 Å². The first kappa shape index (κ1) is 17.4. The number of aliphatic carboxylic acids is 1. The molecule has 0 bridgehead atoms. The summed E-state index contributed by atoms with van der Waals surface area (Å²) in [5, 5.41) is 10.9. The van der Waals surface area contributed by atoms with Crippen LogP contribution in [0, 0.1) is 5.82 Å². The molecule has 1 fully saturated rings. The highest BCUT2D eigenvalue weighted by Crippen LogP contribution is 2.15. The van der Waals surface area contributed by atoms with Crippen LogP contribution in [0.4, 0.5) is 4.39 Å². The minimum absolute atomic E-state index is 0.0453. The van der Waals surface area contributed by atoms with Gasteiger partial charge in [-0.2, -0.15) is 0 Å². The van der Waals surface area contributed by atoms with Crippen LogP contribution in [0.25, 0.3) is 0 Å². The Kier molecular flexibility index (Phi) is 6.49. The Morgan fingerprint density at radius 3 is 2.91 bits per heavy atom. The van der Waals surface area contributed by atoms with Gasteiger partial charge in [0.1, 0.15) is 12.4 Å². The van der Waals surface area contributed by atoms with E-state index in [2.05, 4.69) is 5.32 Å². The third kappa shape index (κ3) is 6.33. The summed E-state index contributed by atoms with van der Waals surface area (Å²) in [7, 11) is 0. The normalized spacial score (nSPS) is 17.4. The van der Waals surface area contributed by atoms with E-state index < -0.39 is 12.5 Å². The lowest BCUT2D eigenvalue weighted by Gasteiger charge is -2.24. The van der Waals surface area contributed by atoms with Crippen molar-refractivity contribution in [3.63, 3.8) is 0 Å². The predicted molar refractivity (Wildman–Crippen MR) is 81.3 cm³/mol. The van der Waals surface area contributed by atoms with Crippen molar-refractivity contribution >= 4 is 11.9 Å². The van der Waals surface area contributed by atoms with Gasteiger partial charge in [0.15, 0.2) is 0 Å². The third-order valence-electron chi connectivity index (χ3n) is 3.59. The lowest BCUT2D eigenvalue weighted by molar-refractivity contribution is -0.138. The summed E-state index contributed by atoms with van der Waals surface area (Å²) in [5.41, 5.74) is 0.758. The van der Waals surface area contributed by atoms with Crippen molar-refractivity contribution in [2.24, 2.45) is 0 Å². The minimum Gasteiger partial charge on any atom is -0.480 e. The fraction of sp³-hybridized carbons (Fsp3) is 0.500. The lowest BCUT2D eigenvalue weighted by Crippen LogP contribution is -2.41. The largest absolute Gasteiger partial charge is 0.480 e. The molecule has 6 nitrogen and oxygen atoms in total. The molecule has 1 saturated heterocycles. The molecule has 2 rings (SSSR count). The summed E-state index contributed by atoms with van der Waals surface area (Å²) < 4.78 is 18.9. The highest BCUT2D eigenvalue weighted by molar-refractivity contribution is 5.82. The molecule has 1 amide bonds. The smallest absolute Gasteiger partial charge is 0.322 e. The van der Waals surface area contributed by atoms with Crippen LogP contribution in [0.1, 0.15) is 18.4 Å². The molecule has 2 N–H and O–H groups in total. The number of rotatable bonds is 8. The van der Waals surface area contributed by atoms with Crippen LogP contribution in [-0.2, 0) is 20.9 Å². The minimum atomic E-state index is -1.09. The number of carbonyl (C=O) groups excluding carboxylic acids is 1. The number of ether oxygens (including phenoxy) is 1. The molecule has 7 heteroatoms. The Bertz CT molecular complexity index is 547. The summed E-state index contributed by atoms with van der Waals surface area (Å²) in [5.74, 6) is -1.79.